The number of H-pyrrole nitrogens is 1. The van der Waals surface area contributed by atoms with Crippen LogP contribution in [0.2, 0.25) is 0 Å². The highest BCUT2D eigenvalue weighted by molar-refractivity contribution is 7.99. The topological polar surface area (TPSA) is 70.7 Å². The first kappa shape index (κ1) is 20.1. The van der Waals surface area contributed by atoms with Gasteiger partial charge in [0.1, 0.15) is 5.82 Å². The minimum atomic E-state index is -0.368. The number of rotatable bonds is 8. The van der Waals surface area contributed by atoms with Crippen molar-refractivity contribution < 1.29 is 9.18 Å². The van der Waals surface area contributed by atoms with Crippen molar-refractivity contribution in [3.63, 3.8) is 0 Å². The van der Waals surface area contributed by atoms with Crippen LogP contribution in [0, 0.1) is 11.7 Å². The van der Waals surface area contributed by atoms with Gasteiger partial charge in [-0.1, -0.05) is 68.1 Å². The SMILES string of the molecule is CC(C)C[C@H](NC(=O)CSc1n[nH]c(-c2ccccc2F)n1)c1ccccc1. The van der Waals surface area contributed by atoms with Gasteiger partial charge in [-0.2, -0.15) is 0 Å². The molecule has 5 nitrogen and oxygen atoms in total. The predicted octanol–water partition coefficient (Wildman–Crippen LogP) is 4.61. The first-order valence-corrected chi connectivity index (χ1v) is 10.2. The van der Waals surface area contributed by atoms with Crippen molar-refractivity contribution >= 4 is 17.7 Å². The Balaban J connectivity index is 1.60. The average molecular weight is 399 g/mol. The lowest BCUT2D eigenvalue weighted by molar-refractivity contribution is -0.119. The van der Waals surface area contributed by atoms with Crippen molar-refractivity contribution in [2.75, 3.05) is 5.75 Å². The smallest absolute Gasteiger partial charge is 0.230 e. The third-order valence-corrected chi connectivity index (χ3v) is 5.02. The second kappa shape index (κ2) is 9.50. The average Bonchev–Trinajstić information content (AvgIpc) is 3.15. The van der Waals surface area contributed by atoms with Gasteiger partial charge < -0.3 is 5.32 Å². The van der Waals surface area contributed by atoms with Gasteiger partial charge in [0.15, 0.2) is 5.82 Å². The van der Waals surface area contributed by atoms with E-state index in [2.05, 4.69) is 34.3 Å². The van der Waals surface area contributed by atoms with Crippen LogP contribution in [0.15, 0.2) is 59.8 Å². The number of nitrogens with zero attached hydrogens (tertiary/aromatic N) is 2. The largest absolute Gasteiger partial charge is 0.349 e. The number of amides is 1. The van der Waals surface area contributed by atoms with Crippen LogP contribution in [0.5, 0.6) is 0 Å². The summed E-state index contributed by atoms with van der Waals surface area (Å²) in [5.74, 6) is 0.539. The lowest BCUT2D eigenvalue weighted by Crippen LogP contribution is -2.30. The van der Waals surface area contributed by atoms with Crippen LogP contribution in [-0.4, -0.2) is 26.8 Å². The van der Waals surface area contributed by atoms with Crippen LogP contribution in [0.3, 0.4) is 0 Å². The highest BCUT2D eigenvalue weighted by Gasteiger charge is 2.17. The van der Waals surface area contributed by atoms with Crippen LogP contribution in [-0.2, 0) is 4.79 Å². The Labute approximate surface area is 168 Å². The summed E-state index contributed by atoms with van der Waals surface area (Å²) in [6, 6.07) is 16.3. The number of aromatic nitrogens is 3. The zero-order valence-corrected chi connectivity index (χ0v) is 16.7. The van der Waals surface area contributed by atoms with Crippen molar-refractivity contribution in [3.8, 4) is 11.4 Å². The molecule has 0 spiro atoms. The van der Waals surface area contributed by atoms with Gasteiger partial charge in [0.2, 0.25) is 11.1 Å². The molecule has 146 valence electrons. The third kappa shape index (κ3) is 5.42. The molecular formula is C21H23FN4OS. The molecule has 0 saturated carbocycles. The van der Waals surface area contributed by atoms with Gasteiger partial charge in [-0.05, 0) is 30.0 Å². The van der Waals surface area contributed by atoms with E-state index in [-0.39, 0.29) is 23.5 Å². The number of carbonyl (C=O) groups is 1. The zero-order chi connectivity index (χ0) is 19.9. The van der Waals surface area contributed by atoms with Gasteiger partial charge in [0, 0.05) is 0 Å². The molecule has 0 fully saturated rings. The third-order valence-electron chi connectivity index (χ3n) is 4.17. The van der Waals surface area contributed by atoms with Gasteiger partial charge in [0.25, 0.3) is 0 Å². The van der Waals surface area contributed by atoms with Gasteiger partial charge in [-0.3, -0.25) is 9.89 Å². The number of aromatic amines is 1. The first-order chi connectivity index (χ1) is 13.5. The lowest BCUT2D eigenvalue weighted by Gasteiger charge is -2.21. The van der Waals surface area contributed by atoms with Crippen LogP contribution in [0.4, 0.5) is 4.39 Å². The van der Waals surface area contributed by atoms with E-state index in [4.69, 9.17) is 0 Å². The highest BCUT2D eigenvalue weighted by Crippen LogP contribution is 2.23. The van der Waals surface area contributed by atoms with Crippen LogP contribution >= 0.6 is 11.8 Å². The Morgan fingerprint density at radius 3 is 2.57 bits per heavy atom. The van der Waals surface area contributed by atoms with E-state index in [0.717, 1.165) is 12.0 Å². The van der Waals surface area contributed by atoms with Crippen molar-refractivity contribution in [1.82, 2.24) is 20.5 Å². The summed E-state index contributed by atoms with van der Waals surface area (Å²) in [5.41, 5.74) is 1.45. The quantitative estimate of drug-likeness (QED) is 0.544. The molecule has 3 aromatic rings. The Morgan fingerprint density at radius 1 is 1.14 bits per heavy atom. The summed E-state index contributed by atoms with van der Waals surface area (Å²) in [7, 11) is 0. The Morgan fingerprint density at radius 2 is 1.86 bits per heavy atom. The van der Waals surface area contributed by atoms with E-state index >= 15 is 0 Å². The standard InChI is InChI=1S/C21H23FN4OS/c1-14(2)12-18(15-8-4-3-5-9-15)23-19(27)13-28-21-24-20(25-26-21)16-10-6-7-11-17(16)22/h3-11,14,18H,12-13H2,1-2H3,(H,23,27)(H,24,25,26)/t18-/m0/s1. The molecule has 1 atom stereocenters. The molecule has 1 heterocycles. The molecule has 0 aliphatic heterocycles. The summed E-state index contributed by atoms with van der Waals surface area (Å²) in [6.45, 7) is 4.27. The maximum absolute atomic E-state index is 13.8. The highest BCUT2D eigenvalue weighted by atomic mass is 32.2. The maximum atomic E-state index is 13.8. The second-order valence-corrected chi connectivity index (χ2v) is 7.84. The molecule has 3 rings (SSSR count). The zero-order valence-electron chi connectivity index (χ0n) is 15.9. The molecular weight excluding hydrogens is 375 g/mol. The molecule has 0 aliphatic carbocycles. The molecule has 1 aromatic heterocycles. The minimum absolute atomic E-state index is 0.0320. The number of hydrogen-bond donors (Lipinski definition) is 2. The van der Waals surface area contributed by atoms with Crippen LogP contribution < -0.4 is 5.32 Å². The molecule has 7 heteroatoms. The van der Waals surface area contributed by atoms with E-state index in [1.807, 2.05) is 30.3 Å². The molecule has 0 unspecified atom stereocenters. The van der Waals surface area contributed by atoms with Crippen molar-refractivity contribution in [3.05, 3.63) is 66.0 Å². The fraction of sp³-hybridized carbons (Fsp3) is 0.286. The fourth-order valence-electron chi connectivity index (χ4n) is 2.89. The van der Waals surface area contributed by atoms with Crippen LogP contribution in [0.1, 0.15) is 31.9 Å². The van der Waals surface area contributed by atoms with Gasteiger partial charge >= 0.3 is 0 Å². The van der Waals surface area contributed by atoms with Crippen molar-refractivity contribution in [2.24, 2.45) is 5.92 Å². The number of halogens is 1. The first-order valence-electron chi connectivity index (χ1n) is 9.17. The van der Waals surface area contributed by atoms with E-state index < -0.39 is 0 Å². The number of hydrogen-bond acceptors (Lipinski definition) is 4. The molecule has 2 N–H and O–H groups in total. The Hall–Kier alpha value is -2.67. The summed E-state index contributed by atoms with van der Waals surface area (Å²) >= 11 is 1.22. The number of carbonyl (C=O) groups excluding carboxylic acids is 1. The minimum Gasteiger partial charge on any atom is -0.349 e. The Bertz CT molecular complexity index is 914. The molecule has 28 heavy (non-hydrogen) atoms. The molecule has 0 bridgehead atoms. The summed E-state index contributed by atoms with van der Waals surface area (Å²) in [4.78, 5) is 16.7. The van der Waals surface area contributed by atoms with Gasteiger partial charge in [-0.25, -0.2) is 9.37 Å². The van der Waals surface area contributed by atoms with Crippen molar-refractivity contribution in [1.29, 1.82) is 0 Å². The summed E-state index contributed by atoms with van der Waals surface area (Å²) in [6.07, 6.45) is 0.860. The van der Waals surface area contributed by atoms with E-state index in [9.17, 15) is 9.18 Å². The molecule has 0 saturated heterocycles. The number of nitrogens with one attached hydrogen (secondary N) is 2. The monoisotopic (exact) mass is 398 g/mol. The maximum Gasteiger partial charge on any atom is 0.230 e. The number of thioether (sulfide) groups is 1. The normalized spacial score (nSPS) is 12.1. The van der Waals surface area contributed by atoms with Crippen molar-refractivity contribution in [2.45, 2.75) is 31.5 Å². The number of benzene rings is 2. The van der Waals surface area contributed by atoms with E-state index in [1.165, 1.54) is 17.8 Å². The van der Waals surface area contributed by atoms with E-state index in [0.29, 0.717) is 22.5 Å². The molecule has 2 aromatic carbocycles. The van der Waals surface area contributed by atoms with Gasteiger partial charge in [-0.15, -0.1) is 5.10 Å². The summed E-state index contributed by atoms with van der Waals surface area (Å²) < 4.78 is 13.8. The van der Waals surface area contributed by atoms with E-state index in [1.54, 1.807) is 18.2 Å². The molecule has 0 radical (unpaired) electrons. The van der Waals surface area contributed by atoms with Crippen LogP contribution in [0.25, 0.3) is 11.4 Å². The second-order valence-electron chi connectivity index (χ2n) is 6.90. The molecule has 0 aliphatic rings. The van der Waals surface area contributed by atoms with Gasteiger partial charge in [0.05, 0.1) is 17.4 Å². The predicted molar refractivity (Wildman–Crippen MR) is 109 cm³/mol. The fourth-order valence-corrected chi connectivity index (χ4v) is 3.50. The Kier molecular flexibility index (Phi) is 6.81. The summed E-state index contributed by atoms with van der Waals surface area (Å²) in [5, 5.41) is 10.3. The lowest BCUT2D eigenvalue weighted by atomic mass is 9.97. The molecule has 1 amide bonds.